The van der Waals surface area contributed by atoms with Crippen LogP contribution >= 0.6 is 0 Å². The number of ether oxygens (including phenoxy) is 2. The van der Waals surface area contributed by atoms with Crippen molar-refractivity contribution in [2.24, 2.45) is 0 Å². The van der Waals surface area contributed by atoms with Gasteiger partial charge in [0.25, 0.3) is 0 Å². The first-order valence-electron chi connectivity index (χ1n) is 8.66. The van der Waals surface area contributed by atoms with E-state index < -0.39 is 12.5 Å². The zero-order chi connectivity index (χ0) is 17.9. The number of para-hydroxylation sites is 2. The van der Waals surface area contributed by atoms with E-state index in [1.165, 1.54) is 0 Å². The fraction of sp³-hybridized carbons (Fsp3) is 0.333. The van der Waals surface area contributed by atoms with Crippen molar-refractivity contribution in [3.8, 4) is 0 Å². The fourth-order valence-electron chi connectivity index (χ4n) is 3.04. The fourth-order valence-corrected chi connectivity index (χ4v) is 3.04. The molecule has 134 valence electrons. The molecule has 2 heterocycles. The summed E-state index contributed by atoms with van der Waals surface area (Å²) in [6.07, 6.45) is -1.06. The van der Waals surface area contributed by atoms with Crippen LogP contribution in [0.15, 0.2) is 48.5 Å². The summed E-state index contributed by atoms with van der Waals surface area (Å²) in [6, 6.07) is 15.5. The van der Waals surface area contributed by atoms with Gasteiger partial charge in [-0.25, -0.2) is 9.36 Å². The first-order chi connectivity index (χ1) is 12.8. The second kappa shape index (κ2) is 7.19. The lowest BCUT2D eigenvalue weighted by molar-refractivity contribution is -0.147. The van der Waals surface area contributed by atoms with Crippen LogP contribution in [0.3, 0.4) is 0 Å². The molecule has 0 saturated heterocycles. The van der Waals surface area contributed by atoms with Crippen LogP contribution in [-0.2, 0) is 9.47 Å². The predicted octanol–water partition coefficient (Wildman–Crippen LogP) is 2.95. The molecule has 0 bridgehead atoms. The third-order valence-electron chi connectivity index (χ3n) is 4.16. The Bertz CT molecular complexity index is 929. The minimum absolute atomic E-state index is 0.495. The van der Waals surface area contributed by atoms with E-state index >= 15 is 0 Å². The van der Waals surface area contributed by atoms with E-state index in [1.807, 2.05) is 62.4 Å². The molecule has 2 aromatic carbocycles. The molecule has 0 aliphatic carbocycles. The molecule has 8 nitrogen and oxygen atoms in total. The molecule has 2 aromatic heterocycles. The van der Waals surface area contributed by atoms with Gasteiger partial charge >= 0.3 is 0 Å². The summed E-state index contributed by atoms with van der Waals surface area (Å²) < 4.78 is 15.5. The van der Waals surface area contributed by atoms with Gasteiger partial charge in [-0.2, -0.15) is 0 Å². The summed E-state index contributed by atoms with van der Waals surface area (Å²) >= 11 is 0. The van der Waals surface area contributed by atoms with Crippen molar-refractivity contribution < 1.29 is 9.47 Å². The topological polar surface area (TPSA) is 79.9 Å². The number of rotatable bonds is 7. The third kappa shape index (κ3) is 2.83. The smallest absolute Gasteiger partial charge is 0.199 e. The van der Waals surface area contributed by atoms with Crippen molar-refractivity contribution in [2.75, 3.05) is 13.2 Å². The third-order valence-corrected chi connectivity index (χ3v) is 4.16. The molecule has 0 saturated carbocycles. The quantitative estimate of drug-likeness (QED) is 0.509. The lowest BCUT2D eigenvalue weighted by Gasteiger charge is -2.27. The average molecular weight is 352 g/mol. The molecule has 0 N–H and O–H groups in total. The second-order valence-corrected chi connectivity index (χ2v) is 5.74. The minimum Gasteiger partial charge on any atom is -0.352 e. The Morgan fingerprint density at radius 2 is 1.15 bits per heavy atom. The van der Waals surface area contributed by atoms with Crippen molar-refractivity contribution in [1.29, 1.82) is 0 Å². The van der Waals surface area contributed by atoms with Crippen molar-refractivity contribution in [2.45, 2.75) is 26.3 Å². The molecule has 0 radical (unpaired) electrons. The average Bonchev–Trinajstić information content (AvgIpc) is 3.29. The summed E-state index contributed by atoms with van der Waals surface area (Å²) in [5.74, 6) is 0. The van der Waals surface area contributed by atoms with E-state index in [0.717, 1.165) is 22.1 Å². The number of aromatic nitrogens is 6. The van der Waals surface area contributed by atoms with Gasteiger partial charge in [-0.05, 0) is 38.1 Å². The molecule has 26 heavy (non-hydrogen) atoms. The summed E-state index contributed by atoms with van der Waals surface area (Å²) in [6.45, 7) is 4.87. The molecule has 4 aromatic rings. The molecule has 0 fully saturated rings. The van der Waals surface area contributed by atoms with Crippen molar-refractivity contribution in [3.05, 3.63) is 48.5 Å². The van der Waals surface area contributed by atoms with Crippen LogP contribution in [0.2, 0.25) is 0 Å². The molecule has 0 spiro atoms. The van der Waals surface area contributed by atoms with Gasteiger partial charge in [0.2, 0.25) is 0 Å². The number of nitrogens with zero attached hydrogens (tertiary/aromatic N) is 6. The van der Waals surface area contributed by atoms with Gasteiger partial charge in [-0.3, -0.25) is 0 Å². The normalized spacial score (nSPS) is 14.1. The highest BCUT2D eigenvalue weighted by Gasteiger charge is 2.30. The van der Waals surface area contributed by atoms with Gasteiger partial charge in [0, 0.05) is 13.2 Å². The zero-order valence-electron chi connectivity index (χ0n) is 14.7. The standard InChI is InChI=1S/C18H20N6O2/c1-3-25-17(23-15-11-7-5-9-13(15)19-21-23)18(26-4-2)24-16-12-8-6-10-14(16)20-22-24/h5-12,17-18H,3-4H2,1-2H3. The Labute approximate surface area is 150 Å². The van der Waals surface area contributed by atoms with Gasteiger partial charge in [0.15, 0.2) is 12.5 Å². The van der Waals surface area contributed by atoms with E-state index in [0.29, 0.717) is 13.2 Å². The van der Waals surface area contributed by atoms with Crippen LogP contribution in [-0.4, -0.2) is 43.2 Å². The molecule has 0 aliphatic rings. The predicted molar refractivity (Wildman–Crippen MR) is 96.4 cm³/mol. The molecule has 2 atom stereocenters. The SMILES string of the molecule is CCOC(C(OCC)n1nnc2ccccc21)n1nnc2ccccc21. The summed E-state index contributed by atoms with van der Waals surface area (Å²) in [7, 11) is 0. The number of hydrogen-bond donors (Lipinski definition) is 0. The van der Waals surface area contributed by atoms with Gasteiger partial charge in [-0.1, -0.05) is 34.7 Å². The Morgan fingerprint density at radius 3 is 1.58 bits per heavy atom. The van der Waals surface area contributed by atoms with Crippen LogP contribution < -0.4 is 0 Å². The Hall–Kier alpha value is -2.84. The first-order valence-corrected chi connectivity index (χ1v) is 8.66. The number of fused-ring (bicyclic) bond motifs is 2. The Morgan fingerprint density at radius 1 is 0.731 bits per heavy atom. The maximum atomic E-state index is 6.03. The number of hydrogen-bond acceptors (Lipinski definition) is 6. The van der Waals surface area contributed by atoms with E-state index in [9.17, 15) is 0 Å². The number of benzene rings is 2. The maximum absolute atomic E-state index is 6.03. The molecule has 4 rings (SSSR count). The lowest BCUT2D eigenvalue weighted by atomic mass is 10.3. The Kier molecular flexibility index (Phi) is 4.59. The molecule has 2 unspecified atom stereocenters. The molecule has 0 aliphatic heterocycles. The highest BCUT2D eigenvalue weighted by Crippen LogP contribution is 2.30. The summed E-state index contributed by atoms with van der Waals surface area (Å²) in [4.78, 5) is 0. The molecular formula is C18H20N6O2. The van der Waals surface area contributed by atoms with E-state index in [2.05, 4.69) is 20.6 Å². The van der Waals surface area contributed by atoms with Gasteiger partial charge in [0.05, 0.1) is 11.0 Å². The second-order valence-electron chi connectivity index (χ2n) is 5.74. The minimum atomic E-state index is -0.530. The maximum Gasteiger partial charge on any atom is 0.199 e. The summed E-state index contributed by atoms with van der Waals surface area (Å²) in [5.41, 5.74) is 3.35. The van der Waals surface area contributed by atoms with Crippen LogP contribution in [0, 0.1) is 0 Å². The molecule has 0 amide bonds. The largest absolute Gasteiger partial charge is 0.352 e. The highest BCUT2D eigenvalue weighted by molar-refractivity contribution is 5.75. The lowest BCUT2D eigenvalue weighted by Crippen LogP contribution is -2.29. The highest BCUT2D eigenvalue weighted by atomic mass is 16.6. The Balaban J connectivity index is 1.84. The zero-order valence-corrected chi connectivity index (χ0v) is 14.7. The molecular weight excluding hydrogens is 332 g/mol. The van der Waals surface area contributed by atoms with Crippen LogP contribution in [0.5, 0.6) is 0 Å². The van der Waals surface area contributed by atoms with Gasteiger partial charge < -0.3 is 9.47 Å². The van der Waals surface area contributed by atoms with Crippen molar-refractivity contribution in [1.82, 2.24) is 30.0 Å². The summed E-state index contributed by atoms with van der Waals surface area (Å²) in [5, 5.41) is 17.1. The van der Waals surface area contributed by atoms with Gasteiger partial charge in [0.1, 0.15) is 11.0 Å². The van der Waals surface area contributed by atoms with Crippen molar-refractivity contribution in [3.63, 3.8) is 0 Å². The monoisotopic (exact) mass is 352 g/mol. The van der Waals surface area contributed by atoms with Gasteiger partial charge in [-0.15, -0.1) is 10.2 Å². The van der Waals surface area contributed by atoms with E-state index in [1.54, 1.807) is 9.36 Å². The molecule has 8 heteroatoms. The van der Waals surface area contributed by atoms with Crippen LogP contribution in [0.4, 0.5) is 0 Å². The van der Waals surface area contributed by atoms with E-state index in [-0.39, 0.29) is 0 Å². The van der Waals surface area contributed by atoms with Crippen LogP contribution in [0.25, 0.3) is 22.1 Å². The first kappa shape index (κ1) is 16.6. The van der Waals surface area contributed by atoms with E-state index in [4.69, 9.17) is 9.47 Å². The van der Waals surface area contributed by atoms with Crippen LogP contribution in [0.1, 0.15) is 26.3 Å². The van der Waals surface area contributed by atoms with Crippen molar-refractivity contribution >= 4 is 22.1 Å².